The number of hydrogen-bond acceptors (Lipinski definition) is 3. The highest BCUT2D eigenvalue weighted by molar-refractivity contribution is 14.1. The molecule has 0 aliphatic heterocycles. The van der Waals surface area contributed by atoms with Gasteiger partial charge in [0.15, 0.2) is 0 Å². The van der Waals surface area contributed by atoms with Crippen molar-refractivity contribution in [1.82, 2.24) is 0 Å². The van der Waals surface area contributed by atoms with Gasteiger partial charge in [0.25, 0.3) is 0 Å². The predicted molar refractivity (Wildman–Crippen MR) is 100 cm³/mol. The minimum atomic E-state index is -0.469. The van der Waals surface area contributed by atoms with Gasteiger partial charge in [-0.1, -0.05) is 12.1 Å². The van der Waals surface area contributed by atoms with Gasteiger partial charge in [-0.05, 0) is 75.5 Å². The highest BCUT2D eigenvalue weighted by Crippen LogP contribution is 2.13. The molecule has 0 spiro atoms. The second-order valence-corrected chi connectivity index (χ2v) is 6.34. The smallest absolute Gasteiger partial charge is 0.249 e. The Hall–Kier alpha value is -1.67. The Morgan fingerprint density at radius 3 is 1.86 bits per heavy atom. The standard InChI is InChI=1S/C8H5IN2O.C7H6INO/c9-7-3-5(4-10)1-2-6(7)8(11)12;8-6-4-2-1-3-5(6)7(9)10/h1-3H,(H2,11,12);1-4H,(H2,9,10). The first-order valence-corrected chi connectivity index (χ1v) is 8.06. The maximum atomic E-state index is 10.8. The van der Waals surface area contributed by atoms with Crippen LogP contribution in [0.5, 0.6) is 0 Å². The molecule has 0 heterocycles. The third-order valence-corrected chi connectivity index (χ3v) is 4.34. The molecular weight excluding hydrogens is 508 g/mol. The largest absolute Gasteiger partial charge is 0.366 e. The molecule has 7 heteroatoms. The van der Waals surface area contributed by atoms with Crippen LogP contribution >= 0.6 is 45.2 Å². The predicted octanol–water partition coefficient (Wildman–Crippen LogP) is 2.65. The van der Waals surface area contributed by atoms with Crippen LogP contribution in [0.25, 0.3) is 0 Å². The van der Waals surface area contributed by atoms with Crippen molar-refractivity contribution in [2.45, 2.75) is 0 Å². The van der Waals surface area contributed by atoms with E-state index in [4.69, 9.17) is 16.7 Å². The fourth-order valence-corrected chi connectivity index (χ4v) is 2.88. The Balaban J connectivity index is 0.000000224. The summed E-state index contributed by atoms with van der Waals surface area (Å²) in [5.74, 6) is -0.839. The highest BCUT2D eigenvalue weighted by Gasteiger charge is 2.05. The molecule has 2 aromatic carbocycles. The van der Waals surface area contributed by atoms with Crippen molar-refractivity contribution in [2.75, 3.05) is 0 Å². The summed E-state index contributed by atoms with van der Waals surface area (Å²) in [5, 5.41) is 8.52. The van der Waals surface area contributed by atoms with Crippen molar-refractivity contribution >= 4 is 57.0 Å². The third-order valence-electron chi connectivity index (χ3n) is 2.50. The topological polar surface area (TPSA) is 110 Å². The molecule has 0 atom stereocenters. The van der Waals surface area contributed by atoms with E-state index in [1.807, 2.05) is 40.8 Å². The Bertz CT molecular complexity index is 755. The van der Waals surface area contributed by atoms with E-state index >= 15 is 0 Å². The summed E-state index contributed by atoms with van der Waals surface area (Å²) in [4.78, 5) is 21.4. The van der Waals surface area contributed by atoms with Gasteiger partial charge in [0.2, 0.25) is 11.8 Å². The summed E-state index contributed by atoms with van der Waals surface area (Å²) in [7, 11) is 0. The second-order valence-electron chi connectivity index (χ2n) is 4.01. The molecule has 22 heavy (non-hydrogen) atoms. The number of hydrogen-bond donors (Lipinski definition) is 2. The normalized spacial score (nSPS) is 9.14. The zero-order valence-corrected chi connectivity index (χ0v) is 15.5. The van der Waals surface area contributed by atoms with E-state index in [-0.39, 0.29) is 5.91 Å². The zero-order chi connectivity index (χ0) is 16.7. The Labute approximate surface area is 155 Å². The minimum Gasteiger partial charge on any atom is -0.366 e. The molecule has 2 rings (SSSR count). The molecule has 0 saturated heterocycles. The lowest BCUT2D eigenvalue weighted by molar-refractivity contribution is 0.0991. The molecule has 0 aliphatic rings. The van der Waals surface area contributed by atoms with Crippen LogP contribution in [0.4, 0.5) is 0 Å². The molecule has 4 N–H and O–H groups in total. The number of nitriles is 1. The van der Waals surface area contributed by atoms with Gasteiger partial charge in [-0.2, -0.15) is 5.26 Å². The minimum absolute atomic E-state index is 0.370. The molecule has 0 radical (unpaired) electrons. The van der Waals surface area contributed by atoms with Gasteiger partial charge in [0, 0.05) is 7.14 Å². The van der Waals surface area contributed by atoms with E-state index in [1.54, 1.807) is 30.3 Å². The van der Waals surface area contributed by atoms with Crippen LogP contribution in [0.1, 0.15) is 26.3 Å². The summed E-state index contributed by atoms with van der Waals surface area (Å²) in [6.45, 7) is 0. The maximum absolute atomic E-state index is 10.8. The molecule has 112 valence electrons. The first kappa shape index (κ1) is 18.4. The number of benzene rings is 2. The van der Waals surface area contributed by atoms with Crippen LogP contribution in [0.2, 0.25) is 0 Å². The van der Waals surface area contributed by atoms with Gasteiger partial charge in [0.1, 0.15) is 0 Å². The molecule has 5 nitrogen and oxygen atoms in total. The first-order valence-electron chi connectivity index (χ1n) is 5.90. The summed E-state index contributed by atoms with van der Waals surface area (Å²) in [6.07, 6.45) is 0. The Kier molecular flexibility index (Phi) is 7.26. The van der Waals surface area contributed by atoms with E-state index in [9.17, 15) is 9.59 Å². The Morgan fingerprint density at radius 2 is 1.45 bits per heavy atom. The van der Waals surface area contributed by atoms with E-state index in [0.29, 0.717) is 20.3 Å². The van der Waals surface area contributed by atoms with E-state index < -0.39 is 5.91 Å². The lowest BCUT2D eigenvalue weighted by Crippen LogP contribution is -2.12. The van der Waals surface area contributed by atoms with E-state index in [0.717, 1.165) is 3.57 Å². The monoisotopic (exact) mass is 519 g/mol. The van der Waals surface area contributed by atoms with E-state index in [1.165, 1.54) is 0 Å². The average molecular weight is 519 g/mol. The molecule has 0 unspecified atom stereocenters. The highest BCUT2D eigenvalue weighted by atomic mass is 127. The fourth-order valence-electron chi connectivity index (χ4n) is 1.45. The number of carbonyl (C=O) groups is 2. The van der Waals surface area contributed by atoms with Crippen molar-refractivity contribution in [1.29, 1.82) is 5.26 Å². The van der Waals surface area contributed by atoms with Gasteiger partial charge in [-0.3, -0.25) is 9.59 Å². The van der Waals surface area contributed by atoms with Crippen LogP contribution in [0.3, 0.4) is 0 Å². The molecule has 0 aromatic heterocycles. The molecule has 0 aliphatic carbocycles. The van der Waals surface area contributed by atoms with Gasteiger partial charge >= 0.3 is 0 Å². The second kappa shape index (κ2) is 8.70. The Morgan fingerprint density at radius 1 is 0.909 bits per heavy atom. The van der Waals surface area contributed by atoms with Crippen molar-refractivity contribution < 1.29 is 9.59 Å². The van der Waals surface area contributed by atoms with Gasteiger partial charge in [-0.25, -0.2) is 0 Å². The SMILES string of the molecule is N#Cc1ccc(C(N)=O)c(I)c1.NC(=O)c1ccccc1I. The van der Waals surface area contributed by atoms with Crippen LogP contribution in [0.15, 0.2) is 42.5 Å². The number of halogens is 2. The zero-order valence-electron chi connectivity index (χ0n) is 11.2. The molecule has 0 fully saturated rings. The summed E-state index contributed by atoms with van der Waals surface area (Å²) in [5.41, 5.74) is 11.7. The van der Waals surface area contributed by atoms with Gasteiger partial charge in [-0.15, -0.1) is 0 Å². The number of nitrogens with two attached hydrogens (primary N) is 2. The summed E-state index contributed by atoms with van der Waals surface area (Å²) in [6, 6.07) is 14.0. The number of amides is 2. The summed E-state index contributed by atoms with van der Waals surface area (Å²) < 4.78 is 1.60. The maximum Gasteiger partial charge on any atom is 0.249 e. The first-order chi connectivity index (χ1) is 10.4. The fraction of sp³-hybridized carbons (Fsp3) is 0. The lowest BCUT2D eigenvalue weighted by Gasteiger charge is -1.98. The summed E-state index contributed by atoms with van der Waals surface area (Å²) >= 11 is 4.05. The molecule has 2 aromatic rings. The number of carbonyl (C=O) groups excluding carboxylic acids is 2. The van der Waals surface area contributed by atoms with Crippen molar-refractivity contribution in [3.63, 3.8) is 0 Å². The molecule has 0 saturated carbocycles. The van der Waals surface area contributed by atoms with Crippen LogP contribution < -0.4 is 11.5 Å². The number of nitrogens with zero attached hydrogens (tertiary/aromatic N) is 1. The van der Waals surface area contributed by atoms with Crippen molar-refractivity contribution in [3.05, 3.63) is 66.3 Å². The van der Waals surface area contributed by atoms with Gasteiger partial charge in [0.05, 0.1) is 22.8 Å². The molecule has 0 bridgehead atoms. The quantitative estimate of drug-likeness (QED) is 0.596. The van der Waals surface area contributed by atoms with Crippen LogP contribution in [-0.2, 0) is 0 Å². The van der Waals surface area contributed by atoms with E-state index in [2.05, 4.69) is 22.6 Å². The van der Waals surface area contributed by atoms with Gasteiger partial charge < -0.3 is 11.5 Å². The average Bonchev–Trinajstić information content (AvgIpc) is 2.47. The van der Waals surface area contributed by atoms with Crippen LogP contribution in [-0.4, -0.2) is 11.8 Å². The third kappa shape index (κ3) is 5.27. The van der Waals surface area contributed by atoms with Crippen LogP contribution in [0, 0.1) is 18.5 Å². The lowest BCUT2D eigenvalue weighted by atomic mass is 10.1. The van der Waals surface area contributed by atoms with Crippen molar-refractivity contribution in [3.8, 4) is 6.07 Å². The molecule has 2 amide bonds. The number of rotatable bonds is 2. The van der Waals surface area contributed by atoms with Crippen molar-refractivity contribution in [2.24, 2.45) is 11.5 Å². The molecular formula is C15H11I2N3O2. The number of primary amides is 2.